The number of amides is 9. The number of primary amides is 1. The van der Waals surface area contributed by atoms with Crippen molar-refractivity contribution < 1.29 is 117 Å². The number of halogens is 2. The average Bonchev–Trinajstić information content (AvgIpc) is 0.756. The SMILES string of the molecule is CCCCCCCCNC(=O)Oc1cc(O)c2c(c1)[C@@H](C(=O)NC1C3CC4CC(C3)CC1C4)NC(=O)[C@H]1NC(=O)[C@H](NC(=O)[C@@H]3NC(=O)[C@H](CC(N)=O)NC(=O)[C@H](NC(=O)[C@H](N)CC(C)C)[C@H](O)c4ccc(c(Cl)c4)Oc4cc3cc(c4OC3OC(CO)C(O)C(O)C3OC3CC(C)(N)C(O)C(C)O3)Oc3ccc(cc3Cl)[C@H]1O)c1ccc(O)c-2c1. The molecule has 654 valence electrons. The lowest BCUT2D eigenvalue weighted by atomic mass is 9.54. The van der Waals surface area contributed by atoms with Crippen LogP contribution in [0.25, 0.3) is 11.1 Å². The van der Waals surface area contributed by atoms with Crippen LogP contribution in [0.3, 0.4) is 0 Å². The average molecular weight is 1720 g/mol. The van der Waals surface area contributed by atoms with Gasteiger partial charge in [-0.15, -0.1) is 0 Å². The Bertz CT molecular complexity index is 4720. The third-order valence-corrected chi connectivity index (χ3v) is 24.6. The largest absolute Gasteiger partial charge is 0.507 e. The first-order valence-corrected chi connectivity index (χ1v) is 41.7. The summed E-state index contributed by atoms with van der Waals surface area (Å²) in [7, 11) is 0. The summed E-state index contributed by atoms with van der Waals surface area (Å²) in [4.78, 5) is 136. The Balaban J connectivity index is 1.00. The van der Waals surface area contributed by atoms with E-state index in [4.69, 9.17) is 73.6 Å². The molecular weight excluding hydrogens is 1620 g/mol. The van der Waals surface area contributed by atoms with E-state index in [1.165, 1.54) is 44.2 Å². The molecule has 4 aliphatic carbocycles. The molecule has 15 bridgehead atoms. The standard InChI is InChI=1S/C84H105Cl2N11O24/c1-6-7-8-9-10-11-18-90-83(114)116-45-30-47-61(53(100)31-45)46-25-39(12-15-52(46)99)63-77(109)97-67(81(113)95-65(47)79(111)92-62-42-21-37-20-38(23-42)24-43(62)22-37)69(103)41-14-17-55(49(86)27-41)118-57-29-44-28-56(72(57)121-82-73(71(105)70(104)58(34-98)119-82)120-60-33-84(5,89)74(106)36(4)115-60)117-54-16-13-40(26-48(54)85)68(102)66(96-75(107)50(87)19-35(2)3)80(112)91-51(32-59(88)101)76(108)93-64(44)78(110)94-63/h12-17,25-31,35-38,42-43,50-51,58,60,62-71,73-74,82,98-100,102-106H,6-11,18-24,32-34,87,89H2,1-5H3,(H2,88,101)(H,90,114)(H,91,112)(H,92,111)(H,93,108)(H,94,110)(H,95,113)(H,96,107)(H,97,109)/t36?,37?,38?,42?,43?,50-,51+,58?,60?,62?,63-,64-,65+,66-,67+,68-,69-,70?,71?,73?,74?,82?,84?/m1/s1. The second kappa shape index (κ2) is 37.5. The third kappa shape index (κ3) is 19.8. The number of hydrogen-bond donors (Lipinski definition) is 19. The van der Waals surface area contributed by atoms with Crippen molar-refractivity contribution in [1.29, 1.82) is 0 Å². The minimum Gasteiger partial charge on any atom is -0.507 e. The Morgan fingerprint density at radius 1 is 0.669 bits per heavy atom. The first kappa shape index (κ1) is 89.0. The second-order valence-corrected chi connectivity index (χ2v) is 34.5. The van der Waals surface area contributed by atoms with Crippen molar-refractivity contribution in [2.45, 2.75) is 240 Å². The molecule has 0 radical (unpaired) electrons. The molecule has 18 atom stereocenters. The predicted octanol–water partition coefficient (Wildman–Crippen LogP) is 4.45. The Hall–Kier alpha value is -9.73. The van der Waals surface area contributed by atoms with E-state index in [9.17, 15) is 60.0 Å². The number of carbonyl (C=O) groups is 9. The number of carbonyl (C=O) groups excluding carboxylic acids is 9. The minimum atomic E-state index is -2.36. The third-order valence-electron chi connectivity index (χ3n) is 24.0. The highest BCUT2D eigenvalue weighted by Gasteiger charge is 2.53. The van der Waals surface area contributed by atoms with Crippen molar-refractivity contribution in [3.63, 3.8) is 0 Å². The van der Waals surface area contributed by atoms with Crippen LogP contribution in [-0.4, -0.2) is 192 Å². The van der Waals surface area contributed by atoms with E-state index in [0.29, 0.717) is 18.3 Å². The number of fused-ring (bicyclic) bond motifs is 15. The van der Waals surface area contributed by atoms with E-state index in [2.05, 4.69) is 49.5 Å². The smallest absolute Gasteiger partial charge is 0.412 e. The van der Waals surface area contributed by atoms with Gasteiger partial charge in [-0.2, -0.15) is 0 Å². The highest BCUT2D eigenvalue weighted by Crippen LogP contribution is 2.55. The molecule has 35 nitrogen and oxygen atoms in total. The summed E-state index contributed by atoms with van der Waals surface area (Å²) in [5.74, 6) is -13.4. The summed E-state index contributed by atoms with van der Waals surface area (Å²) >= 11 is 14.4. The molecule has 37 heteroatoms. The van der Waals surface area contributed by atoms with Crippen LogP contribution in [0.15, 0.2) is 78.9 Å². The minimum absolute atomic E-state index is 0.0367. The van der Waals surface area contributed by atoms with Crippen molar-refractivity contribution >= 4 is 76.6 Å². The molecule has 5 aromatic rings. The first-order chi connectivity index (χ1) is 57.5. The van der Waals surface area contributed by atoms with Crippen molar-refractivity contribution in [3.8, 4) is 57.1 Å². The van der Waals surface area contributed by atoms with Crippen LogP contribution >= 0.6 is 23.2 Å². The van der Waals surface area contributed by atoms with E-state index in [1.54, 1.807) is 13.8 Å². The van der Waals surface area contributed by atoms with Gasteiger partial charge in [-0.25, -0.2) is 4.79 Å². The molecular formula is C84H105Cl2N11O24. The van der Waals surface area contributed by atoms with Crippen molar-refractivity contribution in [1.82, 2.24) is 42.5 Å². The fourth-order valence-electron chi connectivity index (χ4n) is 18.0. The fourth-order valence-corrected chi connectivity index (χ4v) is 18.4. The summed E-state index contributed by atoms with van der Waals surface area (Å²) < 4.78 is 44.7. The second-order valence-electron chi connectivity index (χ2n) is 33.7. The Kier molecular flexibility index (Phi) is 27.6. The Labute approximate surface area is 706 Å². The number of phenols is 2. The molecule has 9 amide bonds. The van der Waals surface area contributed by atoms with Gasteiger partial charge in [0.15, 0.2) is 23.9 Å². The molecule has 4 saturated carbocycles. The van der Waals surface area contributed by atoms with Gasteiger partial charge >= 0.3 is 6.09 Å². The quantitative estimate of drug-likeness (QED) is 0.0451. The lowest BCUT2D eigenvalue weighted by molar-refractivity contribution is -0.333. The fraction of sp³-hybridized carbons (Fsp3) is 0.536. The molecule has 121 heavy (non-hydrogen) atoms. The number of aliphatic hydroxyl groups excluding tert-OH is 6. The van der Waals surface area contributed by atoms with Gasteiger partial charge in [-0.1, -0.05) is 94.3 Å². The monoisotopic (exact) mass is 1720 g/mol. The van der Waals surface area contributed by atoms with Gasteiger partial charge in [0.2, 0.25) is 59.3 Å². The predicted molar refractivity (Wildman–Crippen MR) is 431 cm³/mol. The zero-order valence-corrected chi connectivity index (χ0v) is 68.7. The van der Waals surface area contributed by atoms with Gasteiger partial charge in [-0.3, -0.25) is 38.4 Å². The van der Waals surface area contributed by atoms with E-state index < -0.39 is 221 Å². The van der Waals surface area contributed by atoms with Crippen LogP contribution in [0.4, 0.5) is 4.79 Å². The molecule has 7 heterocycles. The number of rotatable bonds is 21. The van der Waals surface area contributed by atoms with Crippen LogP contribution < -0.4 is 78.7 Å². The van der Waals surface area contributed by atoms with Gasteiger partial charge in [0.1, 0.15) is 95.5 Å². The number of aromatic hydroxyl groups is 2. The molecule has 9 unspecified atom stereocenters. The lowest BCUT2D eigenvalue weighted by Gasteiger charge is -2.54. The van der Waals surface area contributed by atoms with E-state index in [1.807, 2.05) is 0 Å². The zero-order chi connectivity index (χ0) is 86.9. The van der Waals surface area contributed by atoms with E-state index in [0.717, 1.165) is 113 Å². The maximum absolute atomic E-state index is 16.5. The molecule has 6 fully saturated rings. The lowest BCUT2D eigenvalue weighted by Crippen LogP contribution is -2.64. The van der Waals surface area contributed by atoms with Crippen LogP contribution in [0.1, 0.15) is 183 Å². The normalized spacial score (nSPS) is 31.0. The molecule has 0 aromatic heterocycles. The number of hydrogen-bond acceptors (Lipinski definition) is 26. The van der Waals surface area contributed by atoms with Crippen LogP contribution in [0, 0.1) is 29.6 Å². The number of unbranched alkanes of at least 4 members (excludes halogenated alkanes) is 5. The molecule has 2 saturated heterocycles. The zero-order valence-electron chi connectivity index (χ0n) is 67.2. The van der Waals surface area contributed by atoms with Crippen LogP contribution in [0.5, 0.6) is 46.0 Å². The highest BCUT2D eigenvalue weighted by molar-refractivity contribution is 6.32. The topological polar surface area (TPSA) is 554 Å². The molecule has 5 aromatic carbocycles. The van der Waals surface area contributed by atoms with Gasteiger partial charge in [0.25, 0.3) is 0 Å². The van der Waals surface area contributed by atoms with Crippen LogP contribution in [-0.2, 0) is 52.6 Å². The molecule has 7 aliphatic heterocycles. The Morgan fingerprint density at radius 3 is 1.90 bits per heavy atom. The Morgan fingerprint density at radius 2 is 1.28 bits per heavy atom. The molecule has 11 aliphatic rings. The van der Waals surface area contributed by atoms with Crippen molar-refractivity contribution in [2.24, 2.45) is 46.8 Å². The van der Waals surface area contributed by atoms with Gasteiger partial charge in [0.05, 0.1) is 41.3 Å². The van der Waals surface area contributed by atoms with Gasteiger partial charge in [0, 0.05) is 41.7 Å². The van der Waals surface area contributed by atoms with Gasteiger partial charge in [-0.05, 0) is 171 Å². The summed E-state index contributed by atoms with van der Waals surface area (Å²) in [6.45, 7) is 7.90. The summed E-state index contributed by atoms with van der Waals surface area (Å²) in [5, 5.41) is 116. The molecule has 22 N–H and O–H groups in total. The van der Waals surface area contributed by atoms with Crippen molar-refractivity contribution in [3.05, 3.63) is 117 Å². The first-order valence-electron chi connectivity index (χ1n) is 40.9. The van der Waals surface area contributed by atoms with E-state index >= 15 is 24.0 Å². The number of benzene rings is 5. The maximum atomic E-state index is 16.5. The molecule has 0 spiro atoms. The summed E-state index contributed by atoms with van der Waals surface area (Å²) in [5.41, 5.74) is 15.1. The summed E-state index contributed by atoms with van der Waals surface area (Å²) in [6, 6.07) is 0.123. The van der Waals surface area contributed by atoms with Crippen molar-refractivity contribution in [2.75, 3.05) is 13.2 Å². The maximum Gasteiger partial charge on any atom is 0.412 e. The van der Waals surface area contributed by atoms with E-state index in [-0.39, 0.29) is 92.8 Å². The highest BCUT2D eigenvalue weighted by atomic mass is 35.5. The van der Waals surface area contributed by atoms with Crippen LogP contribution in [0.2, 0.25) is 10.0 Å². The number of nitrogens with two attached hydrogens (primary N) is 3. The number of ether oxygens (including phenoxy) is 7. The number of aliphatic hydroxyl groups is 6. The molecule has 16 rings (SSSR count). The summed E-state index contributed by atoms with van der Waals surface area (Å²) in [6.07, 6.45) is -9.92. The number of phenolic OH excluding ortho intramolecular Hbond substituents is 2. The number of nitrogens with one attached hydrogen (secondary N) is 8. The van der Waals surface area contributed by atoms with Gasteiger partial charge < -0.3 is 134 Å².